The molecule has 1 aliphatic heterocycles. The standard InChI is InChI=1S/C22H18F3N7O4/c23-22(24,25)36-16-8-4-2-6-13(16)17-29-18-12-5-1-3-7-14(12)27-20(32(18)30-17)28-15-11-31(21(34)35)10-9-26-19(15)33/h1-8,15H,9-11H2,(H,26,33)(H,27,28)(H,34,35)/t15-/m1/s1. The Labute approximate surface area is 200 Å². The van der Waals surface area contributed by atoms with Crippen molar-refractivity contribution in [2.45, 2.75) is 12.4 Å². The summed E-state index contributed by atoms with van der Waals surface area (Å²) in [5.74, 6) is -0.920. The van der Waals surface area contributed by atoms with Crippen LogP contribution in [0.15, 0.2) is 48.5 Å². The lowest BCUT2D eigenvalue weighted by Gasteiger charge is -2.21. The number of alkyl halides is 3. The average Bonchev–Trinajstić information content (AvgIpc) is 3.19. The number of carbonyl (C=O) groups excluding carboxylic acids is 1. The number of para-hydroxylation sites is 2. The van der Waals surface area contributed by atoms with Crippen LogP contribution in [0.1, 0.15) is 0 Å². The second-order valence-corrected chi connectivity index (χ2v) is 7.88. The first kappa shape index (κ1) is 23.1. The minimum absolute atomic E-state index is 0.00202. The van der Waals surface area contributed by atoms with Crippen molar-refractivity contribution in [3.8, 4) is 17.1 Å². The van der Waals surface area contributed by atoms with Gasteiger partial charge in [-0.1, -0.05) is 24.3 Å². The maximum atomic E-state index is 13.0. The van der Waals surface area contributed by atoms with Gasteiger partial charge in [0.15, 0.2) is 11.5 Å². The van der Waals surface area contributed by atoms with Crippen molar-refractivity contribution < 1.29 is 32.6 Å². The highest BCUT2D eigenvalue weighted by Crippen LogP contribution is 2.33. The number of aromatic nitrogens is 4. The molecular weight excluding hydrogens is 483 g/mol. The molecule has 0 radical (unpaired) electrons. The molecule has 5 rings (SSSR count). The third-order valence-electron chi connectivity index (χ3n) is 5.51. The summed E-state index contributed by atoms with van der Waals surface area (Å²) in [5.41, 5.74) is 0.747. The zero-order valence-electron chi connectivity index (χ0n) is 18.4. The van der Waals surface area contributed by atoms with Gasteiger partial charge in [0.05, 0.1) is 17.6 Å². The Morgan fingerprint density at radius 3 is 2.67 bits per heavy atom. The molecule has 1 atom stereocenters. The molecule has 0 bridgehead atoms. The Morgan fingerprint density at radius 2 is 1.89 bits per heavy atom. The molecule has 1 fully saturated rings. The molecule has 3 heterocycles. The van der Waals surface area contributed by atoms with Gasteiger partial charge in [0.1, 0.15) is 11.8 Å². The van der Waals surface area contributed by atoms with Crippen LogP contribution in [-0.2, 0) is 4.79 Å². The Morgan fingerprint density at radius 1 is 1.14 bits per heavy atom. The molecule has 2 amide bonds. The number of fused-ring (bicyclic) bond motifs is 3. The Balaban J connectivity index is 1.63. The van der Waals surface area contributed by atoms with Crippen LogP contribution in [0.3, 0.4) is 0 Å². The van der Waals surface area contributed by atoms with Crippen molar-refractivity contribution in [1.82, 2.24) is 29.8 Å². The van der Waals surface area contributed by atoms with Crippen LogP contribution in [-0.4, -0.2) is 73.6 Å². The molecule has 14 heteroatoms. The zero-order valence-corrected chi connectivity index (χ0v) is 18.4. The van der Waals surface area contributed by atoms with Gasteiger partial charge < -0.3 is 25.4 Å². The van der Waals surface area contributed by atoms with Crippen molar-refractivity contribution in [3.63, 3.8) is 0 Å². The number of nitrogens with zero attached hydrogens (tertiary/aromatic N) is 5. The lowest BCUT2D eigenvalue weighted by molar-refractivity contribution is -0.274. The van der Waals surface area contributed by atoms with Gasteiger partial charge in [-0.15, -0.1) is 18.3 Å². The normalized spacial score (nSPS) is 16.6. The monoisotopic (exact) mass is 501 g/mol. The van der Waals surface area contributed by atoms with Crippen LogP contribution in [0.25, 0.3) is 27.9 Å². The number of hydrogen-bond donors (Lipinski definition) is 3. The highest BCUT2D eigenvalue weighted by atomic mass is 19.4. The summed E-state index contributed by atoms with van der Waals surface area (Å²) >= 11 is 0. The zero-order chi connectivity index (χ0) is 25.4. The SMILES string of the molecule is O=C1NCCN(C(=O)O)C[C@H]1Nc1nc2ccccc2c2nc(-c3ccccc3OC(F)(F)F)nn12. The van der Waals surface area contributed by atoms with Crippen molar-refractivity contribution in [3.05, 3.63) is 48.5 Å². The van der Waals surface area contributed by atoms with Crippen LogP contribution < -0.4 is 15.4 Å². The van der Waals surface area contributed by atoms with E-state index in [0.29, 0.717) is 10.9 Å². The van der Waals surface area contributed by atoms with Crippen molar-refractivity contribution in [2.24, 2.45) is 0 Å². The Kier molecular flexibility index (Phi) is 5.70. The molecule has 0 saturated carbocycles. The van der Waals surface area contributed by atoms with E-state index in [9.17, 15) is 27.9 Å². The first-order chi connectivity index (χ1) is 17.2. The van der Waals surface area contributed by atoms with E-state index in [-0.39, 0.29) is 42.6 Å². The lowest BCUT2D eigenvalue weighted by Crippen LogP contribution is -2.44. The second kappa shape index (κ2) is 8.87. The number of carboxylic acid groups (broad SMARTS) is 1. The number of carbonyl (C=O) groups is 2. The fraction of sp³-hybridized carbons (Fsp3) is 0.227. The Bertz CT molecular complexity index is 1470. The summed E-state index contributed by atoms with van der Waals surface area (Å²) in [5, 5.41) is 19.9. The summed E-state index contributed by atoms with van der Waals surface area (Å²) < 4.78 is 44.3. The molecule has 0 aliphatic carbocycles. The third kappa shape index (κ3) is 4.52. The molecule has 11 nitrogen and oxygen atoms in total. The van der Waals surface area contributed by atoms with E-state index in [1.165, 1.54) is 22.7 Å². The molecule has 2 aromatic heterocycles. The minimum atomic E-state index is -4.92. The molecular formula is C22H18F3N7O4. The largest absolute Gasteiger partial charge is 0.573 e. The number of ether oxygens (including phenoxy) is 1. The van der Waals surface area contributed by atoms with Gasteiger partial charge in [-0.25, -0.2) is 14.8 Å². The number of nitrogens with one attached hydrogen (secondary N) is 2. The topological polar surface area (TPSA) is 134 Å². The predicted octanol–water partition coefficient (Wildman–Crippen LogP) is 2.73. The van der Waals surface area contributed by atoms with E-state index in [2.05, 4.69) is 30.4 Å². The lowest BCUT2D eigenvalue weighted by atomic mass is 10.2. The second-order valence-electron chi connectivity index (χ2n) is 7.88. The average molecular weight is 501 g/mol. The summed E-state index contributed by atoms with van der Waals surface area (Å²) in [4.78, 5) is 34.2. The number of anilines is 1. The van der Waals surface area contributed by atoms with Gasteiger partial charge in [0.25, 0.3) is 0 Å². The van der Waals surface area contributed by atoms with Crippen LogP contribution in [0, 0.1) is 0 Å². The maximum Gasteiger partial charge on any atom is 0.573 e. The molecule has 2 aromatic carbocycles. The number of amides is 2. The van der Waals surface area contributed by atoms with E-state index in [1.54, 1.807) is 24.3 Å². The van der Waals surface area contributed by atoms with E-state index >= 15 is 0 Å². The van der Waals surface area contributed by atoms with Gasteiger partial charge in [0, 0.05) is 18.5 Å². The summed E-state index contributed by atoms with van der Waals surface area (Å²) in [6.45, 7) is 0.109. The summed E-state index contributed by atoms with van der Waals surface area (Å²) in [6, 6.07) is 11.4. The minimum Gasteiger partial charge on any atom is -0.465 e. The van der Waals surface area contributed by atoms with E-state index in [1.807, 2.05) is 0 Å². The molecule has 186 valence electrons. The van der Waals surface area contributed by atoms with Crippen LogP contribution >= 0.6 is 0 Å². The quantitative estimate of drug-likeness (QED) is 0.389. The smallest absolute Gasteiger partial charge is 0.465 e. The van der Waals surface area contributed by atoms with E-state index < -0.39 is 30.2 Å². The fourth-order valence-corrected chi connectivity index (χ4v) is 3.90. The van der Waals surface area contributed by atoms with Crippen molar-refractivity contribution in [2.75, 3.05) is 25.0 Å². The third-order valence-corrected chi connectivity index (χ3v) is 5.51. The van der Waals surface area contributed by atoms with E-state index in [4.69, 9.17) is 0 Å². The first-order valence-electron chi connectivity index (χ1n) is 10.7. The van der Waals surface area contributed by atoms with Gasteiger partial charge in [-0.2, -0.15) is 4.52 Å². The molecule has 36 heavy (non-hydrogen) atoms. The van der Waals surface area contributed by atoms with Crippen molar-refractivity contribution in [1.29, 1.82) is 0 Å². The summed E-state index contributed by atoms with van der Waals surface area (Å²) in [7, 11) is 0. The maximum absolute atomic E-state index is 13.0. The van der Waals surface area contributed by atoms with Gasteiger partial charge in [-0.05, 0) is 24.3 Å². The van der Waals surface area contributed by atoms with Gasteiger partial charge >= 0.3 is 12.5 Å². The van der Waals surface area contributed by atoms with Gasteiger partial charge in [0.2, 0.25) is 11.9 Å². The highest BCUT2D eigenvalue weighted by molar-refractivity contribution is 5.93. The number of benzene rings is 2. The number of halogens is 3. The van der Waals surface area contributed by atoms with Gasteiger partial charge in [-0.3, -0.25) is 4.79 Å². The molecule has 1 saturated heterocycles. The van der Waals surface area contributed by atoms with Crippen LogP contribution in [0.2, 0.25) is 0 Å². The molecule has 3 N–H and O–H groups in total. The fourth-order valence-electron chi connectivity index (χ4n) is 3.90. The number of rotatable bonds is 4. The first-order valence-corrected chi connectivity index (χ1v) is 10.7. The number of hydrogen-bond acceptors (Lipinski definition) is 7. The highest BCUT2D eigenvalue weighted by Gasteiger charge is 2.33. The molecule has 0 unspecified atom stereocenters. The van der Waals surface area contributed by atoms with E-state index in [0.717, 1.165) is 11.0 Å². The Hall–Kier alpha value is -4.62. The molecule has 1 aliphatic rings. The molecule has 4 aromatic rings. The summed E-state index contributed by atoms with van der Waals surface area (Å²) in [6.07, 6.45) is -6.10. The van der Waals surface area contributed by atoms with Crippen molar-refractivity contribution >= 4 is 34.5 Å². The molecule has 0 spiro atoms. The van der Waals surface area contributed by atoms with Crippen LogP contribution in [0.4, 0.5) is 23.9 Å². The predicted molar refractivity (Wildman–Crippen MR) is 120 cm³/mol. The van der Waals surface area contributed by atoms with Crippen LogP contribution in [0.5, 0.6) is 5.75 Å².